The van der Waals surface area contributed by atoms with E-state index < -0.39 is 0 Å². The number of aryl methyl sites for hydroxylation is 2. The van der Waals surface area contributed by atoms with Crippen molar-refractivity contribution >= 4 is 15.9 Å². The highest BCUT2D eigenvalue weighted by Crippen LogP contribution is 2.25. The predicted octanol–water partition coefficient (Wildman–Crippen LogP) is 5.68. The summed E-state index contributed by atoms with van der Waals surface area (Å²) in [6, 6.07) is 26.2. The maximum Gasteiger partial charge on any atom is 0.123 e. The molecule has 0 bridgehead atoms. The van der Waals surface area contributed by atoms with Gasteiger partial charge >= 0.3 is 0 Å². The van der Waals surface area contributed by atoms with Crippen LogP contribution in [-0.2, 0) is 19.4 Å². The van der Waals surface area contributed by atoms with E-state index >= 15 is 0 Å². The molecule has 124 valence electrons. The molecule has 0 fully saturated rings. The molecule has 3 aromatic carbocycles. The van der Waals surface area contributed by atoms with Crippen molar-refractivity contribution in [3.63, 3.8) is 0 Å². The third-order valence-corrected chi connectivity index (χ3v) is 4.52. The zero-order chi connectivity index (χ0) is 17.5. The Hall–Kier alpha value is -2.57. The van der Waals surface area contributed by atoms with Crippen LogP contribution in [0.5, 0.6) is 5.75 Å². The Morgan fingerprint density at radius 2 is 1.60 bits per heavy atom. The van der Waals surface area contributed by atoms with E-state index in [4.69, 9.17) is 10.00 Å². The molecule has 3 heteroatoms. The van der Waals surface area contributed by atoms with E-state index in [-0.39, 0.29) is 0 Å². The zero-order valence-corrected chi connectivity index (χ0v) is 15.4. The summed E-state index contributed by atoms with van der Waals surface area (Å²) in [5.74, 6) is 0.906. The van der Waals surface area contributed by atoms with Gasteiger partial charge in [0.15, 0.2) is 0 Å². The van der Waals surface area contributed by atoms with E-state index in [0.29, 0.717) is 12.2 Å². The van der Waals surface area contributed by atoms with Crippen molar-refractivity contribution in [1.29, 1.82) is 5.26 Å². The van der Waals surface area contributed by atoms with Gasteiger partial charge < -0.3 is 4.74 Å². The molecule has 0 saturated heterocycles. The molecule has 0 heterocycles. The van der Waals surface area contributed by atoms with Crippen LogP contribution in [0.1, 0.15) is 22.3 Å². The molecule has 25 heavy (non-hydrogen) atoms. The number of ether oxygens (including phenoxy) is 1. The van der Waals surface area contributed by atoms with E-state index in [0.717, 1.165) is 28.6 Å². The van der Waals surface area contributed by atoms with Crippen molar-refractivity contribution in [3.05, 3.63) is 99.5 Å². The predicted molar refractivity (Wildman–Crippen MR) is 103 cm³/mol. The highest BCUT2D eigenvalue weighted by atomic mass is 79.9. The van der Waals surface area contributed by atoms with Crippen LogP contribution in [0.25, 0.3) is 0 Å². The molecule has 3 rings (SSSR count). The monoisotopic (exact) mass is 391 g/mol. The summed E-state index contributed by atoms with van der Waals surface area (Å²) in [4.78, 5) is 0. The highest BCUT2D eigenvalue weighted by Gasteiger charge is 2.06. The summed E-state index contributed by atoms with van der Waals surface area (Å²) >= 11 is 3.55. The molecule has 0 N–H and O–H groups in total. The average molecular weight is 392 g/mol. The van der Waals surface area contributed by atoms with Crippen LogP contribution in [-0.4, -0.2) is 0 Å². The van der Waals surface area contributed by atoms with Gasteiger partial charge in [-0.2, -0.15) is 5.26 Å². The maximum absolute atomic E-state index is 8.87. The Balaban J connectivity index is 1.69. The van der Waals surface area contributed by atoms with E-state index in [1.54, 1.807) is 0 Å². The number of nitrogens with zero attached hydrogens (tertiary/aromatic N) is 1. The topological polar surface area (TPSA) is 33.0 Å². The van der Waals surface area contributed by atoms with Gasteiger partial charge in [0.2, 0.25) is 0 Å². The standard InChI is InChI=1S/C22H18BrNO/c23-21-12-13-22(25-16-19-8-6-18(15-24)7-9-19)20(14-21)11-10-17-4-2-1-3-5-17/h1-9,12-14H,10-11,16H2. The van der Waals surface area contributed by atoms with Gasteiger partial charge in [-0.15, -0.1) is 0 Å². The second kappa shape index (κ2) is 8.50. The van der Waals surface area contributed by atoms with E-state index in [9.17, 15) is 0 Å². The fourth-order valence-corrected chi connectivity index (χ4v) is 3.05. The number of benzene rings is 3. The van der Waals surface area contributed by atoms with Crippen molar-refractivity contribution < 1.29 is 4.74 Å². The van der Waals surface area contributed by atoms with Gasteiger partial charge in [0, 0.05) is 4.47 Å². The number of nitriles is 1. The van der Waals surface area contributed by atoms with Crippen LogP contribution in [0.3, 0.4) is 0 Å². The molecule has 0 aromatic heterocycles. The SMILES string of the molecule is N#Cc1ccc(COc2ccc(Br)cc2CCc2ccccc2)cc1. The fraction of sp³-hybridized carbons (Fsp3) is 0.136. The van der Waals surface area contributed by atoms with Crippen LogP contribution in [0.4, 0.5) is 0 Å². The molecular formula is C22H18BrNO. The van der Waals surface area contributed by atoms with Crippen LogP contribution in [0, 0.1) is 11.3 Å². The van der Waals surface area contributed by atoms with Gasteiger partial charge in [-0.3, -0.25) is 0 Å². The normalized spacial score (nSPS) is 10.2. The van der Waals surface area contributed by atoms with Gasteiger partial charge in [-0.1, -0.05) is 58.4 Å². The van der Waals surface area contributed by atoms with Crippen LogP contribution in [0.2, 0.25) is 0 Å². The number of halogens is 1. The lowest BCUT2D eigenvalue weighted by Gasteiger charge is -2.12. The van der Waals surface area contributed by atoms with Crippen LogP contribution >= 0.6 is 15.9 Å². The van der Waals surface area contributed by atoms with Gasteiger partial charge in [0.05, 0.1) is 11.6 Å². The smallest absolute Gasteiger partial charge is 0.123 e. The summed E-state index contributed by atoms with van der Waals surface area (Å²) < 4.78 is 7.09. The first-order chi connectivity index (χ1) is 12.2. The Bertz CT molecular complexity index is 867. The molecule has 0 spiro atoms. The number of hydrogen-bond donors (Lipinski definition) is 0. The third kappa shape index (κ3) is 4.95. The average Bonchev–Trinajstić information content (AvgIpc) is 2.67. The summed E-state index contributed by atoms with van der Waals surface area (Å²) in [6.45, 7) is 0.492. The van der Waals surface area contributed by atoms with Crippen molar-refractivity contribution in [1.82, 2.24) is 0 Å². The van der Waals surface area contributed by atoms with Gasteiger partial charge in [-0.05, 0) is 59.9 Å². The van der Waals surface area contributed by atoms with Gasteiger partial charge in [0.1, 0.15) is 12.4 Å². The van der Waals surface area contributed by atoms with Crippen molar-refractivity contribution in [2.45, 2.75) is 19.4 Å². The van der Waals surface area contributed by atoms with Gasteiger partial charge in [-0.25, -0.2) is 0 Å². The molecule has 0 saturated carbocycles. The molecule has 0 unspecified atom stereocenters. The van der Waals surface area contributed by atoms with Gasteiger partial charge in [0.25, 0.3) is 0 Å². The lowest BCUT2D eigenvalue weighted by Crippen LogP contribution is -2.00. The Morgan fingerprint density at radius 1 is 0.840 bits per heavy atom. The number of hydrogen-bond acceptors (Lipinski definition) is 2. The molecule has 3 aromatic rings. The molecule has 2 nitrogen and oxygen atoms in total. The van der Waals surface area contributed by atoms with Crippen molar-refractivity contribution in [2.24, 2.45) is 0 Å². The first-order valence-corrected chi connectivity index (χ1v) is 8.98. The second-order valence-corrected chi connectivity index (χ2v) is 6.75. The minimum absolute atomic E-state index is 0.492. The highest BCUT2D eigenvalue weighted by molar-refractivity contribution is 9.10. The Kier molecular flexibility index (Phi) is 5.87. The summed E-state index contributed by atoms with van der Waals surface area (Å²) in [5.41, 5.74) is 4.22. The molecule has 0 atom stereocenters. The van der Waals surface area contributed by atoms with Crippen molar-refractivity contribution in [3.8, 4) is 11.8 Å². The zero-order valence-electron chi connectivity index (χ0n) is 13.8. The largest absolute Gasteiger partial charge is 0.489 e. The number of rotatable bonds is 6. The third-order valence-electron chi connectivity index (χ3n) is 4.03. The maximum atomic E-state index is 8.87. The minimum Gasteiger partial charge on any atom is -0.489 e. The summed E-state index contributed by atoms with van der Waals surface area (Å²) in [7, 11) is 0. The Labute approximate surface area is 156 Å². The molecule has 0 radical (unpaired) electrons. The summed E-state index contributed by atoms with van der Waals surface area (Å²) in [6.07, 6.45) is 1.90. The molecule has 0 amide bonds. The van der Waals surface area contributed by atoms with Crippen molar-refractivity contribution in [2.75, 3.05) is 0 Å². The fourth-order valence-electron chi connectivity index (χ4n) is 2.64. The van der Waals surface area contributed by atoms with E-state index in [1.165, 1.54) is 11.1 Å². The van der Waals surface area contributed by atoms with Crippen LogP contribution < -0.4 is 4.74 Å². The molecular weight excluding hydrogens is 374 g/mol. The molecule has 0 aliphatic rings. The quantitative estimate of drug-likeness (QED) is 0.540. The van der Waals surface area contributed by atoms with E-state index in [1.807, 2.05) is 42.5 Å². The molecule has 0 aliphatic heterocycles. The second-order valence-electron chi connectivity index (χ2n) is 5.84. The Morgan fingerprint density at radius 3 is 2.32 bits per heavy atom. The van der Waals surface area contributed by atoms with E-state index in [2.05, 4.69) is 52.3 Å². The van der Waals surface area contributed by atoms with Crippen LogP contribution in [0.15, 0.2) is 77.3 Å². The lowest BCUT2D eigenvalue weighted by atomic mass is 10.0. The first-order valence-electron chi connectivity index (χ1n) is 8.19. The molecule has 0 aliphatic carbocycles. The summed E-state index contributed by atoms with van der Waals surface area (Å²) in [5, 5.41) is 8.87. The first kappa shape index (κ1) is 17.3. The minimum atomic E-state index is 0.492. The lowest BCUT2D eigenvalue weighted by molar-refractivity contribution is 0.303.